The number of benzene rings is 1. The number of nitrogens with one attached hydrogen (secondary N) is 1. The van der Waals surface area contributed by atoms with Gasteiger partial charge in [-0.15, -0.1) is 0 Å². The summed E-state index contributed by atoms with van der Waals surface area (Å²) in [6, 6.07) is 7.28. The normalized spacial score (nSPS) is 9.94. The lowest BCUT2D eigenvalue weighted by Crippen LogP contribution is -2.19. The van der Waals surface area contributed by atoms with Crippen LogP contribution in [0.5, 0.6) is 5.75 Å². The zero-order chi connectivity index (χ0) is 12.5. The number of nitrogens with zero attached hydrogens (tertiary/aromatic N) is 1. The zero-order valence-electron chi connectivity index (χ0n) is 9.70. The van der Waals surface area contributed by atoms with Gasteiger partial charge in [-0.2, -0.15) is 5.26 Å². The second-order valence-electron chi connectivity index (χ2n) is 3.37. The summed E-state index contributed by atoms with van der Waals surface area (Å²) in [5.74, 6) is 0.681. The minimum atomic E-state index is 0.0344. The van der Waals surface area contributed by atoms with Crippen molar-refractivity contribution in [2.75, 3.05) is 26.9 Å². The van der Waals surface area contributed by atoms with Crippen LogP contribution in [-0.4, -0.2) is 26.9 Å². The van der Waals surface area contributed by atoms with Crippen LogP contribution in [0.4, 0.5) is 0 Å². The van der Waals surface area contributed by atoms with Gasteiger partial charge in [0.2, 0.25) is 0 Å². The van der Waals surface area contributed by atoms with Crippen molar-refractivity contribution in [3.05, 3.63) is 28.8 Å². The van der Waals surface area contributed by atoms with Crippen LogP contribution in [0.3, 0.4) is 0 Å². The van der Waals surface area contributed by atoms with E-state index in [1.807, 2.05) is 12.1 Å². The van der Waals surface area contributed by atoms with Gasteiger partial charge >= 0.3 is 0 Å². The van der Waals surface area contributed by atoms with Gasteiger partial charge in [-0.3, -0.25) is 0 Å². The maximum atomic E-state index is 8.49. The van der Waals surface area contributed by atoms with Gasteiger partial charge in [0.05, 0.1) is 6.61 Å². The van der Waals surface area contributed by atoms with Crippen LogP contribution < -0.4 is 10.1 Å². The number of ether oxygens (including phenoxy) is 2. The van der Waals surface area contributed by atoms with E-state index in [1.54, 1.807) is 19.2 Å². The maximum absolute atomic E-state index is 8.49. The van der Waals surface area contributed by atoms with Gasteiger partial charge in [0.1, 0.15) is 11.8 Å². The molecule has 1 N–H and O–H groups in total. The third-order valence-electron chi connectivity index (χ3n) is 2.11. The van der Waals surface area contributed by atoms with Gasteiger partial charge in [0.25, 0.3) is 0 Å². The molecular formula is C12H15ClN2O2. The predicted octanol–water partition coefficient (Wildman–Crippen LogP) is 1.98. The first kappa shape index (κ1) is 13.8. The first-order chi connectivity index (χ1) is 8.27. The lowest BCUT2D eigenvalue weighted by atomic mass is 10.2. The molecule has 0 saturated heterocycles. The molecule has 0 atom stereocenters. The number of hydrogen-bond donors (Lipinski definition) is 1. The summed E-state index contributed by atoms with van der Waals surface area (Å²) in [5, 5.41) is 12.3. The molecule has 0 aliphatic carbocycles. The highest BCUT2D eigenvalue weighted by atomic mass is 35.5. The Hall–Kier alpha value is -1.28. The molecule has 0 fully saturated rings. The number of rotatable bonds is 7. The van der Waals surface area contributed by atoms with Crippen molar-refractivity contribution in [1.29, 1.82) is 5.26 Å². The number of hydrogen-bond acceptors (Lipinski definition) is 4. The number of nitriles is 1. The van der Waals surface area contributed by atoms with Crippen molar-refractivity contribution in [2.45, 2.75) is 6.54 Å². The SMILES string of the molecule is COCCNCc1cc(Cl)ccc1OCC#N. The molecule has 92 valence electrons. The quantitative estimate of drug-likeness (QED) is 0.756. The average molecular weight is 255 g/mol. The predicted molar refractivity (Wildman–Crippen MR) is 66.1 cm³/mol. The van der Waals surface area contributed by atoms with Crippen LogP contribution in [-0.2, 0) is 11.3 Å². The molecule has 0 aliphatic rings. The molecule has 0 aromatic heterocycles. The van der Waals surface area contributed by atoms with Crippen LogP contribution >= 0.6 is 11.6 Å². The van der Waals surface area contributed by atoms with Crippen molar-refractivity contribution in [3.8, 4) is 11.8 Å². The van der Waals surface area contributed by atoms with Crippen LogP contribution in [0.15, 0.2) is 18.2 Å². The van der Waals surface area contributed by atoms with E-state index in [0.29, 0.717) is 23.9 Å². The van der Waals surface area contributed by atoms with Gasteiger partial charge in [0, 0.05) is 30.8 Å². The molecule has 0 heterocycles. The molecule has 5 heteroatoms. The molecule has 0 saturated carbocycles. The van der Waals surface area contributed by atoms with E-state index < -0.39 is 0 Å². The molecule has 0 unspecified atom stereocenters. The Kier molecular flexibility index (Phi) is 6.41. The fourth-order valence-corrected chi connectivity index (χ4v) is 1.53. The van der Waals surface area contributed by atoms with E-state index in [2.05, 4.69) is 5.32 Å². The topological polar surface area (TPSA) is 54.3 Å². The molecule has 0 amide bonds. The Bertz CT molecular complexity index is 391. The number of methoxy groups -OCH3 is 1. The first-order valence-electron chi connectivity index (χ1n) is 5.25. The molecular weight excluding hydrogens is 240 g/mol. The summed E-state index contributed by atoms with van der Waals surface area (Å²) in [4.78, 5) is 0. The molecule has 1 rings (SSSR count). The van der Waals surface area contributed by atoms with Crippen LogP contribution in [0.1, 0.15) is 5.56 Å². The highest BCUT2D eigenvalue weighted by molar-refractivity contribution is 6.30. The van der Waals surface area contributed by atoms with Gasteiger partial charge < -0.3 is 14.8 Å². The molecule has 0 spiro atoms. The third-order valence-corrected chi connectivity index (χ3v) is 2.35. The molecule has 1 aromatic rings. The zero-order valence-corrected chi connectivity index (χ0v) is 10.5. The van der Waals surface area contributed by atoms with Gasteiger partial charge in [0.15, 0.2) is 6.61 Å². The smallest absolute Gasteiger partial charge is 0.174 e. The summed E-state index contributed by atoms with van der Waals surface area (Å²) >= 11 is 5.92. The molecule has 1 aromatic carbocycles. The van der Waals surface area contributed by atoms with E-state index in [-0.39, 0.29) is 6.61 Å². The summed E-state index contributed by atoms with van der Waals surface area (Å²) in [5.41, 5.74) is 0.934. The van der Waals surface area contributed by atoms with E-state index in [9.17, 15) is 0 Å². The Morgan fingerprint density at radius 1 is 1.47 bits per heavy atom. The Morgan fingerprint density at radius 3 is 3.00 bits per heavy atom. The molecule has 4 nitrogen and oxygen atoms in total. The summed E-state index contributed by atoms with van der Waals surface area (Å²) < 4.78 is 10.2. The third kappa shape index (κ3) is 5.05. The van der Waals surface area contributed by atoms with Gasteiger partial charge in [-0.05, 0) is 18.2 Å². The van der Waals surface area contributed by atoms with Crippen molar-refractivity contribution in [3.63, 3.8) is 0 Å². The summed E-state index contributed by atoms with van der Waals surface area (Å²) in [6.45, 7) is 2.06. The fourth-order valence-electron chi connectivity index (χ4n) is 1.33. The van der Waals surface area contributed by atoms with Gasteiger partial charge in [-0.25, -0.2) is 0 Å². The summed E-state index contributed by atoms with van der Waals surface area (Å²) in [6.07, 6.45) is 0. The van der Waals surface area contributed by atoms with Crippen LogP contribution in [0, 0.1) is 11.3 Å². The lowest BCUT2D eigenvalue weighted by Gasteiger charge is -2.10. The second kappa shape index (κ2) is 7.91. The highest BCUT2D eigenvalue weighted by Crippen LogP contribution is 2.22. The van der Waals surface area contributed by atoms with Crippen molar-refractivity contribution >= 4 is 11.6 Å². The van der Waals surface area contributed by atoms with Crippen LogP contribution in [0.25, 0.3) is 0 Å². The molecule has 17 heavy (non-hydrogen) atoms. The van der Waals surface area contributed by atoms with Gasteiger partial charge in [-0.1, -0.05) is 11.6 Å². The minimum Gasteiger partial charge on any atom is -0.478 e. The Labute approximate surface area is 106 Å². The second-order valence-corrected chi connectivity index (χ2v) is 3.80. The van der Waals surface area contributed by atoms with E-state index in [4.69, 9.17) is 26.3 Å². The Morgan fingerprint density at radius 2 is 2.29 bits per heavy atom. The molecule has 0 bridgehead atoms. The standard InChI is InChI=1S/C12H15ClN2O2/c1-16-7-5-15-9-10-8-11(13)2-3-12(10)17-6-4-14/h2-3,8,15H,5-7,9H2,1H3. The molecule has 0 radical (unpaired) electrons. The Balaban J connectivity index is 2.60. The largest absolute Gasteiger partial charge is 0.478 e. The van der Waals surface area contributed by atoms with E-state index in [1.165, 1.54) is 0 Å². The van der Waals surface area contributed by atoms with Crippen molar-refractivity contribution in [1.82, 2.24) is 5.32 Å². The van der Waals surface area contributed by atoms with Crippen molar-refractivity contribution in [2.24, 2.45) is 0 Å². The highest BCUT2D eigenvalue weighted by Gasteiger charge is 2.04. The monoisotopic (exact) mass is 254 g/mol. The minimum absolute atomic E-state index is 0.0344. The first-order valence-corrected chi connectivity index (χ1v) is 5.63. The van der Waals surface area contributed by atoms with E-state index in [0.717, 1.165) is 12.1 Å². The fraction of sp³-hybridized carbons (Fsp3) is 0.417. The van der Waals surface area contributed by atoms with E-state index >= 15 is 0 Å². The average Bonchev–Trinajstić information content (AvgIpc) is 2.33. The molecule has 0 aliphatic heterocycles. The van der Waals surface area contributed by atoms with Crippen molar-refractivity contribution < 1.29 is 9.47 Å². The van der Waals surface area contributed by atoms with Crippen LogP contribution in [0.2, 0.25) is 5.02 Å². The lowest BCUT2D eigenvalue weighted by molar-refractivity contribution is 0.199. The summed E-state index contributed by atoms with van der Waals surface area (Å²) in [7, 11) is 1.66. The number of halogens is 1. The maximum Gasteiger partial charge on any atom is 0.174 e.